The van der Waals surface area contributed by atoms with Gasteiger partial charge in [-0.05, 0) is 24.3 Å². The van der Waals surface area contributed by atoms with Crippen LogP contribution < -0.4 is 10.6 Å². The fourth-order valence-electron chi connectivity index (χ4n) is 3.11. The first-order valence-electron chi connectivity index (χ1n) is 8.40. The Morgan fingerprint density at radius 2 is 1.92 bits per heavy atom. The smallest absolute Gasteiger partial charge is 0.142 e. The minimum Gasteiger partial charge on any atom is -0.383 e. The van der Waals surface area contributed by atoms with Crippen LogP contribution in [0.2, 0.25) is 0 Å². The van der Waals surface area contributed by atoms with Gasteiger partial charge in [0.2, 0.25) is 0 Å². The second-order valence-corrected chi connectivity index (χ2v) is 6.04. The van der Waals surface area contributed by atoms with Crippen LogP contribution in [0.5, 0.6) is 0 Å². The molecule has 7 nitrogen and oxygen atoms in total. The minimum atomic E-state index is 0.215. The predicted octanol–water partition coefficient (Wildman–Crippen LogP) is 2.43. The Hall–Kier alpha value is -3.37. The molecule has 1 aliphatic rings. The Kier molecular flexibility index (Phi) is 4.25. The predicted molar refractivity (Wildman–Crippen MR) is 99.4 cm³/mol. The molecule has 3 N–H and O–H groups in total. The van der Waals surface area contributed by atoms with Crippen molar-refractivity contribution in [3.63, 3.8) is 0 Å². The molecule has 3 heterocycles. The number of nitrogens with two attached hydrogens (primary N) is 1. The van der Waals surface area contributed by atoms with Crippen LogP contribution in [-0.4, -0.2) is 41.5 Å². The number of ether oxygens (including phenoxy) is 1. The summed E-state index contributed by atoms with van der Waals surface area (Å²) in [5.41, 5.74) is 10.6. The van der Waals surface area contributed by atoms with Crippen LogP contribution in [0.4, 0.5) is 11.5 Å². The van der Waals surface area contributed by atoms with Crippen molar-refractivity contribution in [3.8, 4) is 28.6 Å². The maximum atomic E-state index is 9.42. The molecule has 26 heavy (non-hydrogen) atoms. The van der Waals surface area contributed by atoms with E-state index in [1.54, 1.807) is 12.3 Å². The lowest BCUT2D eigenvalue weighted by atomic mass is 10.0. The number of rotatable bonds is 3. The second kappa shape index (κ2) is 6.86. The van der Waals surface area contributed by atoms with E-state index < -0.39 is 0 Å². The molecule has 1 aromatic carbocycles. The third kappa shape index (κ3) is 2.98. The molecule has 4 rings (SSSR count). The van der Waals surface area contributed by atoms with Gasteiger partial charge in [0.05, 0.1) is 24.6 Å². The molecular formula is C19H18N6O. The summed E-state index contributed by atoms with van der Waals surface area (Å²) < 4.78 is 5.40. The van der Waals surface area contributed by atoms with Crippen molar-refractivity contribution in [2.24, 2.45) is 0 Å². The standard InChI is InChI=1S/C19H18N6O/c20-12-16-15(17-5-6-22-24-17)11-18(23-19(16)21)13-1-3-14(4-2-13)25-7-9-26-10-8-25/h1-6,11H,7-10H2,(H2,21,23)(H,22,24). The van der Waals surface area contributed by atoms with Crippen molar-refractivity contribution < 1.29 is 4.74 Å². The van der Waals surface area contributed by atoms with Crippen LogP contribution in [-0.2, 0) is 4.74 Å². The van der Waals surface area contributed by atoms with E-state index in [4.69, 9.17) is 10.5 Å². The molecule has 0 spiro atoms. The Bertz CT molecular complexity index is 937. The van der Waals surface area contributed by atoms with Crippen LogP contribution in [0.25, 0.3) is 22.5 Å². The summed E-state index contributed by atoms with van der Waals surface area (Å²) in [7, 11) is 0. The van der Waals surface area contributed by atoms with Crippen LogP contribution in [0.15, 0.2) is 42.6 Å². The van der Waals surface area contributed by atoms with E-state index in [9.17, 15) is 5.26 Å². The fourth-order valence-corrected chi connectivity index (χ4v) is 3.11. The summed E-state index contributed by atoms with van der Waals surface area (Å²) in [4.78, 5) is 6.71. The first-order chi connectivity index (χ1) is 12.8. The van der Waals surface area contributed by atoms with E-state index in [1.165, 1.54) is 0 Å². The molecule has 7 heteroatoms. The summed E-state index contributed by atoms with van der Waals surface area (Å²) in [6.07, 6.45) is 1.64. The number of morpholine rings is 1. The number of hydrogen-bond donors (Lipinski definition) is 2. The summed E-state index contributed by atoms with van der Waals surface area (Å²) in [6.45, 7) is 3.29. The number of pyridine rings is 1. The lowest BCUT2D eigenvalue weighted by Gasteiger charge is -2.28. The van der Waals surface area contributed by atoms with E-state index in [-0.39, 0.29) is 5.82 Å². The summed E-state index contributed by atoms with van der Waals surface area (Å²) >= 11 is 0. The largest absolute Gasteiger partial charge is 0.383 e. The number of aromatic nitrogens is 3. The molecule has 1 fully saturated rings. The van der Waals surface area contributed by atoms with Gasteiger partial charge in [-0.2, -0.15) is 10.4 Å². The topological polar surface area (TPSA) is 104 Å². The van der Waals surface area contributed by atoms with Gasteiger partial charge in [0, 0.05) is 36.1 Å². The molecule has 2 aromatic heterocycles. The van der Waals surface area contributed by atoms with E-state index in [0.29, 0.717) is 11.1 Å². The van der Waals surface area contributed by atoms with Crippen molar-refractivity contribution in [1.29, 1.82) is 5.26 Å². The van der Waals surface area contributed by atoms with Gasteiger partial charge in [-0.15, -0.1) is 0 Å². The quantitative estimate of drug-likeness (QED) is 0.755. The molecule has 1 aliphatic heterocycles. The third-order valence-corrected chi connectivity index (χ3v) is 4.49. The first-order valence-corrected chi connectivity index (χ1v) is 8.40. The molecule has 0 amide bonds. The zero-order valence-corrected chi connectivity index (χ0v) is 14.1. The summed E-state index contributed by atoms with van der Waals surface area (Å²) in [5, 5.41) is 16.3. The Morgan fingerprint density at radius 3 is 2.58 bits per heavy atom. The first kappa shape index (κ1) is 16.1. The number of benzene rings is 1. The van der Waals surface area contributed by atoms with Crippen LogP contribution in [0.3, 0.4) is 0 Å². The van der Waals surface area contributed by atoms with Gasteiger partial charge in [0.25, 0.3) is 0 Å². The van der Waals surface area contributed by atoms with Crippen LogP contribution >= 0.6 is 0 Å². The molecule has 1 saturated heterocycles. The van der Waals surface area contributed by atoms with Gasteiger partial charge in [-0.1, -0.05) is 12.1 Å². The maximum Gasteiger partial charge on any atom is 0.142 e. The van der Waals surface area contributed by atoms with E-state index in [0.717, 1.165) is 48.9 Å². The SMILES string of the molecule is N#Cc1c(-c2ccn[nH]2)cc(-c2ccc(N3CCOCC3)cc2)nc1N. The van der Waals surface area contributed by atoms with Gasteiger partial charge < -0.3 is 15.4 Å². The molecule has 0 atom stereocenters. The van der Waals surface area contributed by atoms with Gasteiger partial charge in [-0.3, -0.25) is 5.10 Å². The molecule has 3 aromatic rings. The lowest BCUT2D eigenvalue weighted by molar-refractivity contribution is 0.122. The van der Waals surface area contributed by atoms with Crippen LogP contribution in [0, 0.1) is 11.3 Å². The normalized spacial score (nSPS) is 14.2. The number of anilines is 2. The highest BCUT2D eigenvalue weighted by atomic mass is 16.5. The minimum absolute atomic E-state index is 0.215. The Labute approximate surface area is 151 Å². The third-order valence-electron chi connectivity index (χ3n) is 4.49. The number of nitrogen functional groups attached to an aromatic ring is 1. The highest BCUT2D eigenvalue weighted by molar-refractivity contribution is 5.78. The zero-order chi connectivity index (χ0) is 17.9. The number of hydrogen-bond acceptors (Lipinski definition) is 6. The lowest BCUT2D eigenvalue weighted by Crippen LogP contribution is -2.36. The summed E-state index contributed by atoms with van der Waals surface area (Å²) in [6, 6.07) is 14.0. The summed E-state index contributed by atoms with van der Waals surface area (Å²) in [5.74, 6) is 0.215. The molecule has 0 bridgehead atoms. The second-order valence-electron chi connectivity index (χ2n) is 6.04. The number of nitriles is 1. The highest BCUT2D eigenvalue weighted by Crippen LogP contribution is 2.30. The molecule has 0 aliphatic carbocycles. The van der Waals surface area contributed by atoms with Crippen LogP contribution in [0.1, 0.15) is 5.56 Å². The van der Waals surface area contributed by atoms with Crippen molar-refractivity contribution in [1.82, 2.24) is 15.2 Å². The average Bonchev–Trinajstić information content (AvgIpc) is 3.23. The Morgan fingerprint density at radius 1 is 1.15 bits per heavy atom. The Balaban J connectivity index is 1.70. The van der Waals surface area contributed by atoms with Crippen molar-refractivity contribution >= 4 is 11.5 Å². The highest BCUT2D eigenvalue weighted by Gasteiger charge is 2.15. The van der Waals surface area contributed by atoms with Gasteiger partial charge >= 0.3 is 0 Å². The van der Waals surface area contributed by atoms with E-state index in [2.05, 4.69) is 38.3 Å². The average molecular weight is 346 g/mol. The maximum absolute atomic E-state index is 9.42. The van der Waals surface area contributed by atoms with E-state index >= 15 is 0 Å². The zero-order valence-electron chi connectivity index (χ0n) is 14.1. The number of nitrogens with one attached hydrogen (secondary N) is 1. The number of aromatic amines is 1. The van der Waals surface area contributed by atoms with Gasteiger partial charge in [-0.25, -0.2) is 4.98 Å². The molecule has 0 radical (unpaired) electrons. The molecule has 0 unspecified atom stereocenters. The number of nitrogens with zero attached hydrogens (tertiary/aromatic N) is 4. The van der Waals surface area contributed by atoms with Gasteiger partial charge in [0.15, 0.2) is 0 Å². The van der Waals surface area contributed by atoms with Crippen molar-refractivity contribution in [3.05, 3.63) is 48.2 Å². The monoisotopic (exact) mass is 346 g/mol. The van der Waals surface area contributed by atoms with Crippen molar-refractivity contribution in [2.75, 3.05) is 36.9 Å². The number of H-pyrrole nitrogens is 1. The van der Waals surface area contributed by atoms with Crippen molar-refractivity contribution in [2.45, 2.75) is 0 Å². The fraction of sp³-hybridized carbons (Fsp3) is 0.211. The molecule has 0 saturated carbocycles. The van der Waals surface area contributed by atoms with Gasteiger partial charge in [0.1, 0.15) is 17.5 Å². The molecular weight excluding hydrogens is 328 g/mol. The molecule has 130 valence electrons. The van der Waals surface area contributed by atoms with E-state index in [1.807, 2.05) is 18.2 Å².